The third kappa shape index (κ3) is 6.48. The maximum atomic E-state index is 15.3. The van der Waals surface area contributed by atoms with Crippen LogP contribution in [0.2, 0.25) is 5.28 Å². The van der Waals surface area contributed by atoms with Gasteiger partial charge in [-0.15, -0.1) is 11.8 Å². The molecule has 6 atom stereocenters. The Bertz CT molecular complexity index is 1330. The topological polar surface area (TPSA) is 126 Å². The number of ether oxygens (including phenoxy) is 1. The number of alkyl halides is 1. The number of benzene rings is 1. The summed E-state index contributed by atoms with van der Waals surface area (Å²) in [5.41, 5.74) is 1.35. The summed E-state index contributed by atoms with van der Waals surface area (Å²) >= 11 is 7.09. The molecule has 1 N–H and O–H groups in total. The van der Waals surface area contributed by atoms with E-state index in [-0.39, 0.29) is 29.9 Å². The number of carbonyl (C=O) groups is 1. The molecule has 0 saturated carbocycles. The molecule has 2 aromatic heterocycles. The number of thioether (sulfide) groups is 1. The second-order valence-corrected chi connectivity index (χ2v) is 13.0. The van der Waals surface area contributed by atoms with Crippen molar-refractivity contribution in [1.29, 1.82) is 0 Å². The highest BCUT2D eigenvalue weighted by molar-refractivity contribution is 8.00. The first-order chi connectivity index (χ1) is 18.0. The molecule has 3 heterocycles. The van der Waals surface area contributed by atoms with Crippen LogP contribution in [0.1, 0.15) is 31.8 Å². The van der Waals surface area contributed by atoms with Crippen LogP contribution < -0.4 is 4.52 Å². The zero-order chi connectivity index (χ0) is 27.6. The van der Waals surface area contributed by atoms with E-state index in [1.807, 2.05) is 0 Å². The van der Waals surface area contributed by atoms with E-state index in [0.29, 0.717) is 16.9 Å². The van der Waals surface area contributed by atoms with Crippen LogP contribution in [0, 0.1) is 12.8 Å². The number of fused-ring (bicyclic) bond motifs is 1. The lowest BCUT2D eigenvalue weighted by Crippen LogP contribution is -2.31. The van der Waals surface area contributed by atoms with Gasteiger partial charge in [-0.2, -0.15) is 4.98 Å². The van der Waals surface area contributed by atoms with E-state index < -0.39 is 42.4 Å². The molecule has 10 nitrogen and oxygen atoms in total. The summed E-state index contributed by atoms with van der Waals surface area (Å²) in [7, 11) is -3.93. The number of aliphatic hydroxyl groups excluding tert-OH is 1. The minimum Gasteiger partial charge on any atom is -0.463 e. The van der Waals surface area contributed by atoms with Crippen LogP contribution in [0.25, 0.3) is 11.2 Å². The highest BCUT2D eigenvalue weighted by Crippen LogP contribution is 2.52. The predicted molar refractivity (Wildman–Crippen MR) is 142 cm³/mol. The molecule has 0 amide bonds. The van der Waals surface area contributed by atoms with E-state index in [1.54, 1.807) is 58.0 Å². The Morgan fingerprint density at radius 3 is 2.66 bits per heavy atom. The Hall–Kier alpha value is -2.24. The number of nitrogens with zero attached hydrogens (tertiary/aromatic N) is 4. The number of aliphatic hydroxyl groups is 1. The van der Waals surface area contributed by atoms with E-state index >= 15 is 4.39 Å². The first kappa shape index (κ1) is 28.8. The van der Waals surface area contributed by atoms with Crippen molar-refractivity contribution in [2.75, 3.05) is 12.8 Å². The minimum atomic E-state index is -3.93. The van der Waals surface area contributed by atoms with Gasteiger partial charge in [0.15, 0.2) is 11.8 Å². The largest absolute Gasteiger partial charge is 0.463 e. The number of aromatic nitrogens is 4. The number of aryl methyl sites for hydroxylation is 1. The van der Waals surface area contributed by atoms with E-state index in [2.05, 4.69) is 15.0 Å². The zero-order valence-electron chi connectivity index (χ0n) is 21.2. The molecule has 206 valence electrons. The van der Waals surface area contributed by atoms with Gasteiger partial charge in [0.2, 0.25) is 5.28 Å². The zero-order valence-corrected chi connectivity index (χ0v) is 23.7. The first-order valence-electron chi connectivity index (χ1n) is 12.0. The van der Waals surface area contributed by atoms with Crippen LogP contribution in [-0.4, -0.2) is 67.0 Å². The van der Waals surface area contributed by atoms with Crippen molar-refractivity contribution in [1.82, 2.24) is 19.5 Å². The predicted octanol–water partition coefficient (Wildman–Crippen LogP) is 4.98. The SMILES string of the molecule is Cc1nc(Cl)nc2c1ncn2[C@@H]1S[C@H](CO[P@@](=O)(C[C@@H](C)C(=O)OC(C)C)Oc2ccccc2)[C@@H](O)[C@@H]1F. The molecule has 38 heavy (non-hydrogen) atoms. The highest BCUT2D eigenvalue weighted by atomic mass is 35.5. The van der Waals surface area contributed by atoms with Crippen molar-refractivity contribution in [3.63, 3.8) is 0 Å². The van der Waals surface area contributed by atoms with Crippen LogP contribution >= 0.6 is 31.0 Å². The summed E-state index contributed by atoms with van der Waals surface area (Å²) in [5.74, 6) is -1.04. The summed E-state index contributed by atoms with van der Waals surface area (Å²) in [6, 6.07) is 8.40. The molecule has 0 aliphatic carbocycles. The summed E-state index contributed by atoms with van der Waals surface area (Å²) in [6.45, 7) is 6.43. The van der Waals surface area contributed by atoms with Crippen LogP contribution in [-0.2, 0) is 18.6 Å². The van der Waals surface area contributed by atoms with Crippen molar-refractivity contribution in [3.05, 3.63) is 47.6 Å². The van der Waals surface area contributed by atoms with Crippen LogP contribution in [0.4, 0.5) is 4.39 Å². The van der Waals surface area contributed by atoms with Gasteiger partial charge in [0, 0.05) is 0 Å². The lowest BCUT2D eigenvalue weighted by atomic mass is 10.1. The van der Waals surface area contributed by atoms with E-state index in [0.717, 1.165) is 11.8 Å². The van der Waals surface area contributed by atoms with Crippen molar-refractivity contribution in [3.8, 4) is 5.75 Å². The molecule has 0 spiro atoms. The fourth-order valence-electron chi connectivity index (χ4n) is 3.98. The molecule has 1 aliphatic rings. The van der Waals surface area contributed by atoms with Crippen LogP contribution in [0.3, 0.4) is 0 Å². The number of rotatable bonds is 10. The van der Waals surface area contributed by atoms with Crippen molar-refractivity contribution in [2.24, 2.45) is 5.92 Å². The van der Waals surface area contributed by atoms with Gasteiger partial charge in [0.1, 0.15) is 22.7 Å². The number of hydrogen-bond donors (Lipinski definition) is 1. The second kappa shape index (κ2) is 11.9. The first-order valence-corrected chi connectivity index (χ1v) is 15.1. The minimum absolute atomic E-state index is 0.000278. The van der Waals surface area contributed by atoms with Gasteiger partial charge in [-0.3, -0.25) is 13.9 Å². The Balaban J connectivity index is 1.51. The number of carbonyl (C=O) groups excluding carboxylic acids is 1. The molecule has 1 aromatic carbocycles. The normalized spacial score (nSPS) is 23.9. The fraction of sp³-hybridized carbons (Fsp3) is 0.500. The summed E-state index contributed by atoms with van der Waals surface area (Å²) in [5, 5.41) is 9.01. The molecular weight excluding hydrogens is 558 g/mol. The van der Waals surface area contributed by atoms with Gasteiger partial charge in [0.25, 0.3) is 0 Å². The monoisotopic (exact) mass is 586 g/mol. The Labute approximate surface area is 228 Å². The lowest BCUT2D eigenvalue weighted by Gasteiger charge is -2.24. The molecule has 1 fully saturated rings. The summed E-state index contributed by atoms with van der Waals surface area (Å²) in [4.78, 5) is 24.9. The third-order valence-corrected chi connectivity index (χ3v) is 9.54. The number of hydrogen-bond acceptors (Lipinski definition) is 10. The van der Waals surface area contributed by atoms with Gasteiger partial charge < -0.3 is 14.4 Å². The van der Waals surface area contributed by atoms with Gasteiger partial charge in [-0.05, 0) is 44.5 Å². The maximum Gasteiger partial charge on any atom is 0.380 e. The highest BCUT2D eigenvalue weighted by Gasteiger charge is 2.47. The number of imidazole rings is 1. The van der Waals surface area contributed by atoms with Crippen molar-refractivity contribution < 1.29 is 32.6 Å². The molecule has 3 aromatic rings. The fourth-order valence-corrected chi connectivity index (χ4v) is 7.58. The average molecular weight is 587 g/mol. The molecule has 0 unspecified atom stereocenters. The van der Waals surface area contributed by atoms with E-state index in [9.17, 15) is 14.5 Å². The number of esters is 1. The maximum absolute atomic E-state index is 15.3. The molecule has 1 saturated heterocycles. The van der Waals surface area contributed by atoms with Crippen molar-refractivity contribution in [2.45, 2.75) is 56.7 Å². The van der Waals surface area contributed by atoms with Gasteiger partial charge >= 0.3 is 13.6 Å². The smallest absolute Gasteiger partial charge is 0.380 e. The standard InChI is InChI=1S/C24H29ClFN4O6PS/c1-13(2)35-23(32)14(3)11-37(33,36-16-8-6-5-7-9-16)34-10-17-20(31)18(26)22(38-17)30-12-27-19-15(4)28-24(25)29-21(19)30/h5-9,12-14,17-18,20,22,31H,10-11H2,1-4H3/t14-,17-,18+,20-,22-,37+/m1/s1. The lowest BCUT2D eigenvalue weighted by molar-refractivity contribution is -0.151. The summed E-state index contributed by atoms with van der Waals surface area (Å²) in [6.07, 6.45) is -2.31. The number of para-hydroxylation sites is 1. The van der Waals surface area contributed by atoms with E-state index in [4.69, 9.17) is 25.4 Å². The Morgan fingerprint density at radius 1 is 1.26 bits per heavy atom. The van der Waals surface area contributed by atoms with Crippen LogP contribution in [0.15, 0.2) is 36.7 Å². The quantitative estimate of drug-likeness (QED) is 0.197. The Morgan fingerprint density at radius 2 is 1.97 bits per heavy atom. The molecule has 4 rings (SSSR count). The Kier molecular flexibility index (Phi) is 8.99. The van der Waals surface area contributed by atoms with Gasteiger partial charge in [0.05, 0.1) is 42.1 Å². The van der Waals surface area contributed by atoms with Crippen LogP contribution in [0.5, 0.6) is 5.75 Å². The molecule has 14 heteroatoms. The van der Waals surface area contributed by atoms with E-state index in [1.165, 1.54) is 10.9 Å². The summed E-state index contributed by atoms with van der Waals surface area (Å²) < 4.78 is 47.3. The molecular formula is C24H29ClFN4O6PS. The molecule has 1 aliphatic heterocycles. The second-order valence-electron chi connectivity index (χ2n) is 9.28. The van der Waals surface area contributed by atoms with Gasteiger partial charge in [-0.25, -0.2) is 18.9 Å². The van der Waals surface area contributed by atoms with Gasteiger partial charge in [-0.1, -0.05) is 25.1 Å². The molecule has 0 bridgehead atoms. The number of halogens is 2. The average Bonchev–Trinajstić information content (AvgIpc) is 3.39. The van der Waals surface area contributed by atoms with Crippen molar-refractivity contribution >= 4 is 48.1 Å². The third-order valence-electron chi connectivity index (χ3n) is 5.81. The molecule has 0 radical (unpaired) electrons.